The number of aromatic nitrogens is 4. The number of nitrogens with one attached hydrogen (secondary N) is 1. The molecular formula is C26H23N5O2. The fourth-order valence-electron chi connectivity index (χ4n) is 3.74. The molecule has 0 spiro atoms. The van der Waals surface area contributed by atoms with Gasteiger partial charge in [0.2, 0.25) is 0 Å². The molecule has 33 heavy (non-hydrogen) atoms. The van der Waals surface area contributed by atoms with Crippen molar-refractivity contribution in [1.29, 1.82) is 0 Å². The van der Waals surface area contributed by atoms with E-state index in [4.69, 9.17) is 9.40 Å². The standard InChI is InChI=1S/C26H23N5O2/c1-17(2)18-6-3-8-20(12-18)29-26(32)22-13-24(19-7-4-10-27-14-19)30-25-23(22)15-28-31(25)16-21-9-5-11-33-21/h3-15,17H,16H2,1-2H3,(H,29,32). The topological polar surface area (TPSA) is 85.8 Å². The molecule has 0 atom stereocenters. The highest BCUT2D eigenvalue weighted by molar-refractivity contribution is 6.12. The molecule has 5 rings (SSSR count). The van der Waals surface area contributed by atoms with Crippen molar-refractivity contribution >= 4 is 22.6 Å². The predicted molar refractivity (Wildman–Crippen MR) is 127 cm³/mol. The van der Waals surface area contributed by atoms with E-state index in [1.165, 1.54) is 0 Å². The number of benzene rings is 1. The molecule has 0 unspecified atom stereocenters. The van der Waals surface area contributed by atoms with Crippen molar-refractivity contribution in [2.24, 2.45) is 0 Å². The summed E-state index contributed by atoms with van der Waals surface area (Å²) in [6.07, 6.45) is 6.74. The van der Waals surface area contributed by atoms with Crippen LogP contribution in [0.3, 0.4) is 0 Å². The van der Waals surface area contributed by atoms with Crippen LogP contribution in [0.5, 0.6) is 0 Å². The summed E-state index contributed by atoms with van der Waals surface area (Å²) in [6, 6.07) is 17.2. The Morgan fingerprint density at radius 2 is 2.00 bits per heavy atom. The van der Waals surface area contributed by atoms with E-state index in [-0.39, 0.29) is 5.91 Å². The van der Waals surface area contributed by atoms with Gasteiger partial charge in [-0.25, -0.2) is 9.67 Å². The van der Waals surface area contributed by atoms with E-state index in [2.05, 4.69) is 35.3 Å². The maximum Gasteiger partial charge on any atom is 0.256 e. The number of carbonyl (C=O) groups excluding carboxylic acids is 1. The van der Waals surface area contributed by atoms with Gasteiger partial charge in [-0.3, -0.25) is 9.78 Å². The lowest BCUT2D eigenvalue weighted by Crippen LogP contribution is -2.13. The van der Waals surface area contributed by atoms with Crippen molar-refractivity contribution in [3.63, 3.8) is 0 Å². The first-order valence-electron chi connectivity index (χ1n) is 10.8. The van der Waals surface area contributed by atoms with Gasteiger partial charge in [0.15, 0.2) is 5.65 Å². The fraction of sp³-hybridized carbons (Fsp3) is 0.154. The molecule has 5 aromatic rings. The second-order valence-electron chi connectivity index (χ2n) is 8.15. The average Bonchev–Trinajstić information content (AvgIpc) is 3.50. The third-order valence-corrected chi connectivity index (χ3v) is 5.51. The van der Waals surface area contributed by atoms with Gasteiger partial charge in [0.1, 0.15) is 12.3 Å². The van der Waals surface area contributed by atoms with E-state index in [0.717, 1.165) is 22.6 Å². The number of pyridine rings is 2. The molecule has 0 saturated carbocycles. The van der Waals surface area contributed by atoms with Crippen LogP contribution in [0, 0.1) is 0 Å². The van der Waals surface area contributed by atoms with Gasteiger partial charge in [-0.2, -0.15) is 5.10 Å². The summed E-state index contributed by atoms with van der Waals surface area (Å²) < 4.78 is 7.22. The first-order chi connectivity index (χ1) is 16.1. The minimum Gasteiger partial charge on any atom is -0.467 e. The molecule has 7 heteroatoms. The zero-order chi connectivity index (χ0) is 22.8. The highest BCUT2D eigenvalue weighted by Gasteiger charge is 2.18. The molecule has 7 nitrogen and oxygen atoms in total. The van der Waals surface area contributed by atoms with Gasteiger partial charge in [-0.15, -0.1) is 0 Å². The van der Waals surface area contributed by atoms with Crippen LogP contribution in [-0.2, 0) is 6.54 Å². The lowest BCUT2D eigenvalue weighted by molar-refractivity contribution is 0.102. The summed E-state index contributed by atoms with van der Waals surface area (Å²) in [7, 11) is 0. The molecule has 0 saturated heterocycles. The molecule has 0 aliphatic rings. The molecule has 1 amide bonds. The number of anilines is 1. The average molecular weight is 438 g/mol. The van der Waals surface area contributed by atoms with Crippen LogP contribution in [0.25, 0.3) is 22.3 Å². The van der Waals surface area contributed by atoms with E-state index in [1.54, 1.807) is 35.6 Å². The lowest BCUT2D eigenvalue weighted by Gasteiger charge is -2.11. The number of amides is 1. The summed E-state index contributed by atoms with van der Waals surface area (Å²) >= 11 is 0. The van der Waals surface area contributed by atoms with Crippen molar-refractivity contribution < 1.29 is 9.21 Å². The summed E-state index contributed by atoms with van der Waals surface area (Å²) in [5.41, 5.74) is 4.49. The second-order valence-corrected chi connectivity index (χ2v) is 8.15. The van der Waals surface area contributed by atoms with Crippen LogP contribution in [0.15, 0.2) is 83.9 Å². The molecule has 1 aromatic carbocycles. The molecule has 4 aromatic heterocycles. The van der Waals surface area contributed by atoms with Crippen molar-refractivity contribution in [2.45, 2.75) is 26.3 Å². The Morgan fingerprint density at radius 3 is 2.76 bits per heavy atom. The van der Waals surface area contributed by atoms with Gasteiger partial charge in [0.25, 0.3) is 5.91 Å². The van der Waals surface area contributed by atoms with E-state index >= 15 is 0 Å². The number of fused-ring (bicyclic) bond motifs is 1. The van der Waals surface area contributed by atoms with Crippen LogP contribution in [0.4, 0.5) is 5.69 Å². The van der Waals surface area contributed by atoms with Crippen LogP contribution in [-0.4, -0.2) is 25.7 Å². The lowest BCUT2D eigenvalue weighted by atomic mass is 10.0. The minimum atomic E-state index is -0.217. The smallest absolute Gasteiger partial charge is 0.256 e. The summed E-state index contributed by atoms with van der Waals surface area (Å²) in [6.45, 7) is 4.67. The van der Waals surface area contributed by atoms with Crippen LogP contribution in [0.2, 0.25) is 0 Å². The SMILES string of the molecule is CC(C)c1cccc(NC(=O)c2cc(-c3cccnc3)nc3c2cnn3Cc2ccco2)c1. The first-order valence-corrected chi connectivity index (χ1v) is 10.8. The third kappa shape index (κ3) is 4.25. The first kappa shape index (κ1) is 20.6. The quantitative estimate of drug-likeness (QED) is 0.378. The number of nitrogens with zero attached hydrogens (tertiary/aromatic N) is 4. The van der Waals surface area contributed by atoms with E-state index < -0.39 is 0 Å². The monoisotopic (exact) mass is 437 g/mol. The van der Waals surface area contributed by atoms with E-state index in [1.807, 2.05) is 42.5 Å². The normalized spacial score (nSPS) is 11.2. The van der Waals surface area contributed by atoms with Gasteiger partial charge in [-0.1, -0.05) is 26.0 Å². The summed E-state index contributed by atoms with van der Waals surface area (Å²) in [5.74, 6) is 0.905. The van der Waals surface area contributed by atoms with Crippen LogP contribution >= 0.6 is 0 Å². The molecule has 1 N–H and O–H groups in total. The van der Waals surface area contributed by atoms with E-state index in [0.29, 0.717) is 34.8 Å². The Morgan fingerprint density at radius 1 is 1.09 bits per heavy atom. The molecular weight excluding hydrogens is 414 g/mol. The number of rotatable bonds is 6. The largest absolute Gasteiger partial charge is 0.467 e. The van der Waals surface area contributed by atoms with Crippen molar-refractivity contribution in [3.05, 3.63) is 96.3 Å². The van der Waals surface area contributed by atoms with Gasteiger partial charge in [0.05, 0.1) is 29.1 Å². The molecule has 4 heterocycles. The predicted octanol–water partition coefficient (Wildman–Crippen LogP) is 5.51. The van der Waals surface area contributed by atoms with Crippen molar-refractivity contribution in [3.8, 4) is 11.3 Å². The van der Waals surface area contributed by atoms with Gasteiger partial charge < -0.3 is 9.73 Å². The van der Waals surface area contributed by atoms with Crippen molar-refractivity contribution in [1.82, 2.24) is 19.7 Å². The maximum atomic E-state index is 13.4. The third-order valence-electron chi connectivity index (χ3n) is 5.51. The van der Waals surface area contributed by atoms with E-state index in [9.17, 15) is 4.79 Å². The molecule has 0 radical (unpaired) electrons. The highest BCUT2D eigenvalue weighted by Crippen LogP contribution is 2.26. The molecule has 0 aliphatic heterocycles. The minimum absolute atomic E-state index is 0.217. The van der Waals surface area contributed by atoms with Gasteiger partial charge >= 0.3 is 0 Å². The number of hydrogen-bond donors (Lipinski definition) is 1. The Bertz CT molecular complexity index is 1410. The molecule has 0 aliphatic carbocycles. The van der Waals surface area contributed by atoms with Gasteiger partial charge in [-0.05, 0) is 53.9 Å². The molecule has 164 valence electrons. The number of hydrogen-bond acceptors (Lipinski definition) is 5. The van der Waals surface area contributed by atoms with Gasteiger partial charge in [0, 0.05) is 23.6 Å². The Balaban J connectivity index is 1.58. The summed E-state index contributed by atoms with van der Waals surface area (Å²) in [5, 5.41) is 8.21. The zero-order valence-corrected chi connectivity index (χ0v) is 18.4. The molecule has 0 fully saturated rings. The second kappa shape index (κ2) is 8.70. The summed E-state index contributed by atoms with van der Waals surface area (Å²) in [4.78, 5) is 22.4. The number of carbonyl (C=O) groups is 1. The Kier molecular flexibility index (Phi) is 5.44. The highest BCUT2D eigenvalue weighted by atomic mass is 16.3. The molecule has 0 bridgehead atoms. The Hall–Kier alpha value is -4.26. The Labute approximate surface area is 191 Å². The van der Waals surface area contributed by atoms with Crippen molar-refractivity contribution in [2.75, 3.05) is 5.32 Å². The fourth-order valence-corrected chi connectivity index (χ4v) is 3.74. The zero-order valence-electron chi connectivity index (χ0n) is 18.4. The number of furan rings is 1. The van der Waals surface area contributed by atoms with Crippen LogP contribution in [0.1, 0.15) is 41.4 Å². The maximum absolute atomic E-state index is 13.4. The van der Waals surface area contributed by atoms with Crippen LogP contribution < -0.4 is 5.32 Å².